The highest BCUT2D eigenvalue weighted by Gasteiger charge is 2.03. The summed E-state index contributed by atoms with van der Waals surface area (Å²) in [4.78, 5) is 0. The van der Waals surface area contributed by atoms with E-state index in [9.17, 15) is 0 Å². The van der Waals surface area contributed by atoms with Gasteiger partial charge in [-0.3, -0.25) is 0 Å². The van der Waals surface area contributed by atoms with E-state index in [0.29, 0.717) is 13.2 Å². The Morgan fingerprint density at radius 1 is 0.615 bits per heavy atom. The van der Waals surface area contributed by atoms with E-state index in [0.717, 1.165) is 34.0 Å². The number of rotatable bonds is 7. The third-order valence-corrected chi connectivity index (χ3v) is 4.65. The van der Waals surface area contributed by atoms with Gasteiger partial charge in [0.15, 0.2) is 0 Å². The van der Waals surface area contributed by atoms with Crippen molar-refractivity contribution in [1.29, 1.82) is 0 Å². The first-order chi connectivity index (χ1) is 12.9. The van der Waals surface area contributed by atoms with Gasteiger partial charge in [-0.05, 0) is 71.6 Å². The number of benzene rings is 2. The van der Waals surface area contributed by atoms with Gasteiger partial charge in [-0.1, -0.05) is 8.98 Å². The highest BCUT2D eigenvalue weighted by molar-refractivity contribution is 7.03. The molecule has 0 N–H and O–H groups in total. The maximum atomic E-state index is 5.71. The average molecular weight is 382 g/mol. The Hall–Kier alpha value is -2.84. The molecule has 0 aliphatic heterocycles. The zero-order chi connectivity index (χ0) is 17.6. The highest BCUT2D eigenvalue weighted by Crippen LogP contribution is 2.22. The normalized spacial score (nSPS) is 10.6. The fraction of sp³-hybridized carbons (Fsp3) is 0.111. The SMILES string of the molecule is c1cc(-c2csnn2)ccc1OCCOc1ccc(-c2csnn2)cc1. The van der Waals surface area contributed by atoms with Gasteiger partial charge in [0, 0.05) is 21.9 Å². The maximum Gasteiger partial charge on any atom is 0.122 e. The molecule has 0 aliphatic carbocycles. The standard InChI is InChI=1S/C18H14N4O2S2/c1-5-15(6-2-13(1)17-11-25-21-19-17)23-9-10-24-16-7-3-14(4-8-16)18-12-26-22-20-18/h1-8,11-12H,9-10H2. The summed E-state index contributed by atoms with van der Waals surface area (Å²) in [7, 11) is 0. The summed E-state index contributed by atoms with van der Waals surface area (Å²) in [5, 5.41) is 11.9. The lowest BCUT2D eigenvalue weighted by atomic mass is 10.2. The van der Waals surface area contributed by atoms with Crippen LogP contribution in [0.2, 0.25) is 0 Å². The molecule has 2 aromatic heterocycles. The number of aromatic nitrogens is 4. The molecule has 0 atom stereocenters. The van der Waals surface area contributed by atoms with Crippen LogP contribution in [0.15, 0.2) is 59.3 Å². The van der Waals surface area contributed by atoms with E-state index in [1.54, 1.807) is 0 Å². The van der Waals surface area contributed by atoms with Gasteiger partial charge < -0.3 is 9.47 Å². The summed E-state index contributed by atoms with van der Waals surface area (Å²) in [5.41, 5.74) is 3.80. The van der Waals surface area contributed by atoms with Crippen LogP contribution in [0.1, 0.15) is 0 Å². The van der Waals surface area contributed by atoms with Crippen molar-refractivity contribution in [3.8, 4) is 34.0 Å². The van der Waals surface area contributed by atoms with E-state index in [1.165, 1.54) is 23.1 Å². The first-order valence-corrected chi connectivity index (χ1v) is 9.56. The van der Waals surface area contributed by atoms with Gasteiger partial charge in [-0.2, -0.15) is 0 Å². The fourth-order valence-corrected chi connectivity index (χ4v) is 3.27. The van der Waals surface area contributed by atoms with Crippen LogP contribution in [0.4, 0.5) is 0 Å². The Balaban J connectivity index is 1.25. The second kappa shape index (κ2) is 8.03. The molecule has 0 fully saturated rings. The second-order valence-corrected chi connectivity index (χ2v) is 6.55. The molecule has 0 amide bonds. The van der Waals surface area contributed by atoms with Crippen LogP contribution in [0.5, 0.6) is 11.5 Å². The number of nitrogens with zero attached hydrogens (tertiary/aromatic N) is 4. The predicted octanol–water partition coefficient (Wildman–Crippen LogP) is 4.18. The summed E-state index contributed by atoms with van der Waals surface area (Å²) in [6, 6.07) is 15.6. The molecule has 0 spiro atoms. The minimum atomic E-state index is 0.468. The molecular formula is C18H14N4O2S2. The van der Waals surface area contributed by atoms with Crippen molar-refractivity contribution in [2.45, 2.75) is 0 Å². The van der Waals surface area contributed by atoms with Crippen LogP contribution in [-0.2, 0) is 0 Å². The Kier molecular flexibility index (Phi) is 5.13. The van der Waals surface area contributed by atoms with E-state index in [4.69, 9.17) is 9.47 Å². The molecule has 26 heavy (non-hydrogen) atoms. The third kappa shape index (κ3) is 4.04. The Morgan fingerprint density at radius 3 is 1.38 bits per heavy atom. The summed E-state index contributed by atoms with van der Waals surface area (Å²) in [5.74, 6) is 1.60. The van der Waals surface area contributed by atoms with Gasteiger partial charge in [-0.25, -0.2) is 0 Å². The van der Waals surface area contributed by atoms with E-state index in [1.807, 2.05) is 59.3 Å². The molecule has 4 aromatic rings. The first-order valence-electron chi connectivity index (χ1n) is 7.89. The van der Waals surface area contributed by atoms with Crippen LogP contribution in [-0.4, -0.2) is 32.4 Å². The molecule has 2 aromatic carbocycles. The van der Waals surface area contributed by atoms with Crippen molar-refractivity contribution >= 4 is 23.1 Å². The molecule has 8 heteroatoms. The Morgan fingerprint density at radius 2 is 1.04 bits per heavy atom. The van der Waals surface area contributed by atoms with Crippen LogP contribution in [0, 0.1) is 0 Å². The smallest absolute Gasteiger partial charge is 0.122 e. The number of hydrogen-bond donors (Lipinski definition) is 0. The van der Waals surface area contributed by atoms with Gasteiger partial charge >= 0.3 is 0 Å². The van der Waals surface area contributed by atoms with Crippen LogP contribution >= 0.6 is 23.1 Å². The average Bonchev–Trinajstić information content (AvgIpc) is 3.40. The summed E-state index contributed by atoms with van der Waals surface area (Å²) in [6.45, 7) is 0.935. The molecular weight excluding hydrogens is 368 g/mol. The zero-order valence-corrected chi connectivity index (χ0v) is 15.2. The highest BCUT2D eigenvalue weighted by atomic mass is 32.1. The molecule has 0 saturated heterocycles. The van der Waals surface area contributed by atoms with E-state index in [-0.39, 0.29) is 0 Å². The van der Waals surface area contributed by atoms with Crippen LogP contribution < -0.4 is 9.47 Å². The summed E-state index contributed by atoms with van der Waals surface area (Å²) in [6.07, 6.45) is 0. The lowest BCUT2D eigenvalue weighted by molar-refractivity contribution is 0.217. The van der Waals surface area contributed by atoms with Gasteiger partial charge in [-0.15, -0.1) is 10.2 Å². The van der Waals surface area contributed by atoms with Crippen molar-refractivity contribution in [3.63, 3.8) is 0 Å². The van der Waals surface area contributed by atoms with E-state index in [2.05, 4.69) is 19.2 Å². The summed E-state index contributed by atoms with van der Waals surface area (Å²) < 4.78 is 19.2. The van der Waals surface area contributed by atoms with Crippen LogP contribution in [0.25, 0.3) is 22.5 Å². The van der Waals surface area contributed by atoms with Crippen molar-refractivity contribution in [2.75, 3.05) is 13.2 Å². The van der Waals surface area contributed by atoms with Crippen molar-refractivity contribution < 1.29 is 9.47 Å². The molecule has 130 valence electrons. The Labute approximate surface area is 158 Å². The third-order valence-electron chi connectivity index (χ3n) is 3.64. The van der Waals surface area contributed by atoms with Gasteiger partial charge in [0.25, 0.3) is 0 Å². The molecule has 0 bridgehead atoms. The topological polar surface area (TPSA) is 70.0 Å². The van der Waals surface area contributed by atoms with Gasteiger partial charge in [0.1, 0.15) is 36.1 Å². The monoisotopic (exact) mass is 382 g/mol. The van der Waals surface area contributed by atoms with E-state index < -0.39 is 0 Å². The minimum absolute atomic E-state index is 0.468. The molecule has 0 saturated carbocycles. The Bertz CT molecular complexity index is 845. The van der Waals surface area contributed by atoms with Crippen molar-refractivity contribution in [3.05, 3.63) is 59.3 Å². The lowest BCUT2D eigenvalue weighted by Gasteiger charge is -2.09. The second-order valence-electron chi connectivity index (χ2n) is 5.33. The van der Waals surface area contributed by atoms with E-state index >= 15 is 0 Å². The van der Waals surface area contributed by atoms with Crippen molar-refractivity contribution in [2.24, 2.45) is 0 Å². The van der Waals surface area contributed by atoms with Crippen LogP contribution in [0.3, 0.4) is 0 Å². The fourth-order valence-electron chi connectivity index (χ4n) is 2.34. The largest absolute Gasteiger partial charge is 0.490 e. The molecule has 0 unspecified atom stereocenters. The number of hydrogen-bond acceptors (Lipinski definition) is 8. The van der Waals surface area contributed by atoms with Gasteiger partial charge in [0.2, 0.25) is 0 Å². The quantitative estimate of drug-likeness (QED) is 0.447. The van der Waals surface area contributed by atoms with Crippen molar-refractivity contribution in [1.82, 2.24) is 19.2 Å². The number of ether oxygens (including phenoxy) is 2. The molecule has 0 aliphatic rings. The summed E-state index contributed by atoms with van der Waals surface area (Å²) >= 11 is 2.68. The molecule has 4 rings (SSSR count). The zero-order valence-electron chi connectivity index (χ0n) is 13.6. The predicted molar refractivity (Wildman–Crippen MR) is 102 cm³/mol. The first kappa shape index (κ1) is 16.6. The molecule has 2 heterocycles. The maximum absolute atomic E-state index is 5.71. The molecule has 0 radical (unpaired) electrons. The minimum Gasteiger partial charge on any atom is -0.490 e. The van der Waals surface area contributed by atoms with Gasteiger partial charge in [0.05, 0.1) is 0 Å². The molecule has 6 nitrogen and oxygen atoms in total. The lowest BCUT2D eigenvalue weighted by Crippen LogP contribution is -2.08.